The van der Waals surface area contributed by atoms with Crippen LogP contribution < -0.4 is 0 Å². The van der Waals surface area contributed by atoms with Crippen LogP contribution in [0.15, 0.2) is 30.3 Å². The predicted molar refractivity (Wildman–Crippen MR) is 97.4 cm³/mol. The Hall–Kier alpha value is -1.24. The zero-order valence-electron chi connectivity index (χ0n) is 16.3. The second kappa shape index (κ2) is 9.62. The van der Waals surface area contributed by atoms with Crippen molar-refractivity contribution in [1.82, 2.24) is 0 Å². The van der Waals surface area contributed by atoms with E-state index in [1.165, 1.54) is 0 Å². The van der Waals surface area contributed by atoms with Crippen molar-refractivity contribution in [2.24, 2.45) is 0 Å². The van der Waals surface area contributed by atoms with Crippen LogP contribution in [-0.2, 0) is 39.0 Å². The molecule has 8 heteroatoms. The van der Waals surface area contributed by atoms with E-state index in [4.69, 9.17) is 23.0 Å². The molecule has 0 amide bonds. The van der Waals surface area contributed by atoms with Crippen LogP contribution in [-0.4, -0.2) is 30.6 Å². The van der Waals surface area contributed by atoms with Crippen molar-refractivity contribution in [1.29, 1.82) is 0 Å². The van der Waals surface area contributed by atoms with Crippen molar-refractivity contribution in [3.63, 3.8) is 0 Å². The second-order valence-corrected chi connectivity index (χ2v) is 9.11. The zero-order chi connectivity index (χ0) is 19.8. The molecule has 0 unspecified atom stereocenters. The fraction of sp³-hybridized carbons (Fsp3) is 0.611. The largest absolute Gasteiger partial charge is 0.478 e. The Bertz CT molecular complexity index is 582. The van der Waals surface area contributed by atoms with Gasteiger partial charge < -0.3 is 9.47 Å². The molecule has 26 heavy (non-hydrogen) atoms. The lowest BCUT2D eigenvalue weighted by Gasteiger charge is -2.30. The van der Waals surface area contributed by atoms with E-state index in [0.717, 1.165) is 5.56 Å². The number of esters is 1. The van der Waals surface area contributed by atoms with E-state index < -0.39 is 31.8 Å². The van der Waals surface area contributed by atoms with Crippen LogP contribution in [0.3, 0.4) is 0 Å². The molecular weight excluding hydrogens is 359 g/mol. The highest BCUT2D eigenvalue weighted by Crippen LogP contribution is 2.55. The van der Waals surface area contributed by atoms with Gasteiger partial charge in [0.25, 0.3) is 0 Å². The van der Waals surface area contributed by atoms with E-state index >= 15 is 0 Å². The molecule has 1 aromatic rings. The van der Waals surface area contributed by atoms with Gasteiger partial charge in [0.1, 0.15) is 6.61 Å². The number of benzene rings is 1. The summed E-state index contributed by atoms with van der Waals surface area (Å²) >= 11 is 0. The fourth-order valence-electron chi connectivity index (χ4n) is 1.77. The van der Waals surface area contributed by atoms with Gasteiger partial charge in [-0.1, -0.05) is 30.3 Å². The van der Waals surface area contributed by atoms with Crippen molar-refractivity contribution in [2.75, 3.05) is 13.4 Å². The smallest absolute Gasteiger partial charge is 0.436 e. The molecular formula is C18H29O7P. The third-order valence-electron chi connectivity index (χ3n) is 2.53. The van der Waals surface area contributed by atoms with E-state index in [2.05, 4.69) is 0 Å². The summed E-state index contributed by atoms with van der Waals surface area (Å²) in [5.41, 5.74) is -0.578. The van der Waals surface area contributed by atoms with Crippen LogP contribution >= 0.6 is 7.82 Å². The van der Waals surface area contributed by atoms with Gasteiger partial charge >= 0.3 is 13.8 Å². The quantitative estimate of drug-likeness (QED) is 0.351. The number of carbonyl (C=O) groups excluding carboxylic acids is 1. The van der Waals surface area contributed by atoms with Gasteiger partial charge in [0, 0.05) is 0 Å². The number of rotatable bonds is 9. The zero-order valence-corrected chi connectivity index (χ0v) is 17.2. The molecule has 7 nitrogen and oxygen atoms in total. The van der Waals surface area contributed by atoms with Crippen LogP contribution in [0, 0.1) is 0 Å². The van der Waals surface area contributed by atoms with Crippen molar-refractivity contribution < 1.29 is 32.4 Å². The number of phosphoric acid groups is 1. The Kier molecular flexibility index (Phi) is 8.44. The summed E-state index contributed by atoms with van der Waals surface area (Å²) in [5, 5.41) is 0. The van der Waals surface area contributed by atoms with E-state index in [1.807, 2.05) is 30.3 Å². The Morgan fingerprint density at radius 2 is 1.50 bits per heavy atom. The maximum atomic E-state index is 12.7. The van der Waals surface area contributed by atoms with E-state index in [1.54, 1.807) is 41.5 Å². The van der Waals surface area contributed by atoms with Gasteiger partial charge in [-0.05, 0) is 47.1 Å². The van der Waals surface area contributed by atoms with Crippen LogP contribution in [0.1, 0.15) is 47.1 Å². The van der Waals surface area contributed by atoms with Gasteiger partial charge in [0.2, 0.25) is 6.79 Å². The second-order valence-electron chi connectivity index (χ2n) is 7.60. The van der Waals surface area contributed by atoms with E-state index in [9.17, 15) is 9.36 Å². The number of hydrogen-bond donors (Lipinski definition) is 0. The molecule has 1 aromatic carbocycles. The summed E-state index contributed by atoms with van der Waals surface area (Å²) in [5.74, 6) is -0.640. The van der Waals surface area contributed by atoms with Gasteiger partial charge in [0.15, 0.2) is 0 Å². The minimum Gasteiger partial charge on any atom is -0.436 e. The van der Waals surface area contributed by atoms with Crippen molar-refractivity contribution >= 4 is 13.8 Å². The number of ether oxygens (including phenoxy) is 2. The first-order chi connectivity index (χ1) is 11.9. The summed E-state index contributed by atoms with van der Waals surface area (Å²) in [6.45, 7) is 9.81. The Morgan fingerprint density at radius 1 is 0.962 bits per heavy atom. The highest BCUT2D eigenvalue weighted by atomic mass is 31.2. The molecule has 0 aliphatic heterocycles. The topological polar surface area (TPSA) is 80.3 Å². The van der Waals surface area contributed by atoms with Crippen molar-refractivity contribution in [3.05, 3.63) is 35.9 Å². The molecule has 0 aliphatic carbocycles. The molecule has 0 atom stereocenters. The Morgan fingerprint density at radius 3 is 2.00 bits per heavy atom. The summed E-state index contributed by atoms with van der Waals surface area (Å²) in [7, 11) is -3.91. The van der Waals surface area contributed by atoms with Gasteiger partial charge in [-0.25, -0.2) is 13.9 Å². The third-order valence-corrected chi connectivity index (χ3v) is 4.50. The molecule has 0 spiro atoms. The molecule has 0 aliphatic rings. The number of phosphoric ester groups is 1. The SMILES string of the molecule is CC(C)(C)OP(=O)(OCOC(=O)COCc1ccccc1)OC(C)(C)C. The molecule has 0 saturated carbocycles. The minimum absolute atomic E-state index is 0.247. The molecule has 0 heterocycles. The average molecular weight is 388 g/mol. The molecule has 0 radical (unpaired) electrons. The highest BCUT2D eigenvalue weighted by Gasteiger charge is 2.37. The summed E-state index contributed by atoms with van der Waals surface area (Å²) in [6.07, 6.45) is 0. The summed E-state index contributed by atoms with van der Waals surface area (Å²) in [4.78, 5) is 11.7. The lowest BCUT2D eigenvalue weighted by atomic mass is 10.2. The fourth-order valence-corrected chi connectivity index (χ4v) is 3.43. The summed E-state index contributed by atoms with van der Waals surface area (Å²) in [6, 6.07) is 9.43. The highest BCUT2D eigenvalue weighted by molar-refractivity contribution is 7.48. The minimum atomic E-state index is -3.91. The maximum Gasteiger partial charge on any atom is 0.478 e. The van der Waals surface area contributed by atoms with Gasteiger partial charge in [-0.15, -0.1) is 0 Å². The number of carbonyl (C=O) groups is 1. The van der Waals surface area contributed by atoms with Gasteiger partial charge in [-0.2, -0.15) is 0 Å². The maximum absolute atomic E-state index is 12.7. The first-order valence-corrected chi connectivity index (χ1v) is 9.78. The Labute approximate surface area is 155 Å². The van der Waals surface area contributed by atoms with E-state index in [-0.39, 0.29) is 13.2 Å². The van der Waals surface area contributed by atoms with Crippen LogP contribution in [0.2, 0.25) is 0 Å². The van der Waals surface area contributed by atoms with Gasteiger partial charge in [0.05, 0.1) is 17.8 Å². The van der Waals surface area contributed by atoms with Crippen LogP contribution in [0.4, 0.5) is 0 Å². The molecule has 0 saturated heterocycles. The third kappa shape index (κ3) is 10.7. The van der Waals surface area contributed by atoms with Crippen LogP contribution in [0.25, 0.3) is 0 Å². The lowest BCUT2D eigenvalue weighted by molar-refractivity contribution is -0.157. The monoisotopic (exact) mass is 388 g/mol. The van der Waals surface area contributed by atoms with E-state index in [0.29, 0.717) is 0 Å². The molecule has 1 rings (SSSR count). The van der Waals surface area contributed by atoms with Crippen LogP contribution in [0.5, 0.6) is 0 Å². The van der Waals surface area contributed by atoms with Gasteiger partial charge in [-0.3, -0.25) is 9.05 Å². The molecule has 0 aromatic heterocycles. The molecule has 0 fully saturated rings. The normalized spacial score (nSPS) is 12.8. The lowest BCUT2D eigenvalue weighted by Crippen LogP contribution is -2.25. The molecule has 148 valence electrons. The molecule has 0 bridgehead atoms. The predicted octanol–water partition coefficient (Wildman–Crippen LogP) is 4.46. The molecule has 0 N–H and O–H groups in total. The first kappa shape index (κ1) is 22.8. The van der Waals surface area contributed by atoms with Crippen molar-refractivity contribution in [3.8, 4) is 0 Å². The average Bonchev–Trinajstić information content (AvgIpc) is 2.44. The first-order valence-electron chi connectivity index (χ1n) is 8.32. The summed E-state index contributed by atoms with van der Waals surface area (Å²) < 4.78 is 38.8. The standard InChI is InChI=1S/C18H29O7P/c1-17(2,3)24-26(20,25-18(4,5)6)23-14-22-16(19)13-21-12-15-10-8-7-9-11-15/h7-11H,12-14H2,1-6H3. The van der Waals surface area contributed by atoms with Crippen molar-refractivity contribution in [2.45, 2.75) is 59.4 Å². The number of hydrogen-bond acceptors (Lipinski definition) is 7. The Balaban J connectivity index is 2.43.